The Morgan fingerprint density at radius 1 is 0.852 bits per heavy atom. The fraction of sp³-hybridized carbons (Fsp3) is 0.143. The van der Waals surface area contributed by atoms with E-state index in [4.69, 9.17) is 0 Å². The SMILES string of the molecule is CNC(=O)NC(=O)[C@H](N[C@@H](c1ccccc1)c1cccs1)c1ccccc1. The Balaban J connectivity index is 1.95. The molecule has 3 amide bonds. The molecule has 0 radical (unpaired) electrons. The van der Waals surface area contributed by atoms with Crippen LogP contribution in [-0.2, 0) is 4.79 Å². The fourth-order valence-corrected chi connectivity index (χ4v) is 3.64. The van der Waals surface area contributed by atoms with Gasteiger partial charge in [0, 0.05) is 11.9 Å². The molecule has 0 aliphatic heterocycles. The van der Waals surface area contributed by atoms with E-state index in [1.54, 1.807) is 11.3 Å². The van der Waals surface area contributed by atoms with Gasteiger partial charge in [0.25, 0.3) is 0 Å². The Morgan fingerprint density at radius 2 is 1.48 bits per heavy atom. The second-order valence-corrected chi connectivity index (χ2v) is 6.92. The van der Waals surface area contributed by atoms with Crippen LogP contribution in [0, 0.1) is 0 Å². The Morgan fingerprint density at radius 3 is 2.04 bits per heavy atom. The highest BCUT2D eigenvalue weighted by atomic mass is 32.1. The van der Waals surface area contributed by atoms with Crippen LogP contribution < -0.4 is 16.0 Å². The number of hydrogen-bond donors (Lipinski definition) is 3. The van der Waals surface area contributed by atoms with Crippen LogP contribution in [0.3, 0.4) is 0 Å². The quantitative estimate of drug-likeness (QED) is 0.613. The van der Waals surface area contributed by atoms with E-state index >= 15 is 0 Å². The highest BCUT2D eigenvalue weighted by Crippen LogP contribution is 2.29. The molecule has 3 rings (SSSR count). The number of benzene rings is 2. The van der Waals surface area contributed by atoms with E-state index in [1.165, 1.54) is 7.05 Å². The van der Waals surface area contributed by atoms with Gasteiger partial charge in [-0.2, -0.15) is 0 Å². The van der Waals surface area contributed by atoms with Crippen molar-refractivity contribution in [1.29, 1.82) is 0 Å². The van der Waals surface area contributed by atoms with Crippen molar-refractivity contribution < 1.29 is 9.59 Å². The van der Waals surface area contributed by atoms with Gasteiger partial charge in [0.1, 0.15) is 6.04 Å². The predicted molar refractivity (Wildman–Crippen MR) is 108 cm³/mol. The van der Waals surface area contributed by atoms with Crippen LogP contribution >= 0.6 is 11.3 Å². The van der Waals surface area contributed by atoms with Crippen molar-refractivity contribution in [2.24, 2.45) is 0 Å². The molecule has 27 heavy (non-hydrogen) atoms. The van der Waals surface area contributed by atoms with Gasteiger partial charge in [-0.3, -0.25) is 15.4 Å². The number of rotatable bonds is 6. The van der Waals surface area contributed by atoms with E-state index in [2.05, 4.69) is 16.0 Å². The number of hydrogen-bond acceptors (Lipinski definition) is 4. The molecule has 3 aromatic rings. The van der Waals surface area contributed by atoms with Crippen LogP contribution in [0.4, 0.5) is 4.79 Å². The molecule has 3 N–H and O–H groups in total. The maximum Gasteiger partial charge on any atom is 0.321 e. The maximum absolute atomic E-state index is 12.8. The molecule has 0 unspecified atom stereocenters. The summed E-state index contributed by atoms with van der Waals surface area (Å²) in [5.41, 5.74) is 1.84. The minimum absolute atomic E-state index is 0.174. The highest BCUT2D eigenvalue weighted by molar-refractivity contribution is 7.10. The standard InChI is InChI=1S/C21H21N3O2S/c1-22-21(26)24-20(25)19(16-11-6-3-7-12-16)23-18(17-13-8-14-27-17)15-9-4-2-5-10-15/h2-14,18-19,23H,1H3,(H2,22,24,25,26)/t18-,19+/m0/s1. The Hall–Kier alpha value is -2.96. The lowest BCUT2D eigenvalue weighted by Gasteiger charge is -2.25. The van der Waals surface area contributed by atoms with Gasteiger partial charge in [-0.05, 0) is 22.6 Å². The number of nitrogens with one attached hydrogen (secondary N) is 3. The minimum Gasteiger partial charge on any atom is -0.341 e. The zero-order chi connectivity index (χ0) is 19.1. The van der Waals surface area contributed by atoms with E-state index < -0.39 is 18.0 Å². The van der Waals surface area contributed by atoms with Crippen molar-refractivity contribution in [3.8, 4) is 0 Å². The smallest absolute Gasteiger partial charge is 0.321 e. The summed E-state index contributed by atoms with van der Waals surface area (Å²) in [5, 5.41) is 10.2. The first kappa shape index (κ1) is 18.8. The molecular weight excluding hydrogens is 358 g/mol. The van der Waals surface area contributed by atoms with Gasteiger partial charge >= 0.3 is 6.03 Å². The molecule has 0 bridgehead atoms. The lowest BCUT2D eigenvalue weighted by atomic mass is 10.0. The van der Waals surface area contributed by atoms with Gasteiger partial charge in [-0.15, -0.1) is 11.3 Å². The normalized spacial score (nSPS) is 12.8. The van der Waals surface area contributed by atoms with Crippen molar-refractivity contribution in [2.75, 3.05) is 7.05 Å². The van der Waals surface area contributed by atoms with Crippen LogP contribution in [0.5, 0.6) is 0 Å². The van der Waals surface area contributed by atoms with E-state index in [0.29, 0.717) is 0 Å². The van der Waals surface area contributed by atoms with E-state index in [0.717, 1.165) is 16.0 Å². The number of carbonyl (C=O) groups excluding carboxylic acids is 2. The topological polar surface area (TPSA) is 70.2 Å². The molecule has 0 aliphatic carbocycles. The third-order valence-electron chi connectivity index (χ3n) is 4.15. The van der Waals surface area contributed by atoms with Crippen molar-refractivity contribution in [3.05, 3.63) is 94.2 Å². The van der Waals surface area contributed by atoms with Crippen molar-refractivity contribution in [1.82, 2.24) is 16.0 Å². The van der Waals surface area contributed by atoms with Gasteiger partial charge in [0.05, 0.1) is 6.04 Å². The summed E-state index contributed by atoms with van der Waals surface area (Å²) in [5.74, 6) is -0.405. The van der Waals surface area contributed by atoms with Gasteiger partial charge in [-0.25, -0.2) is 4.79 Å². The van der Waals surface area contributed by atoms with Gasteiger partial charge in [0.2, 0.25) is 5.91 Å². The molecule has 2 atom stereocenters. The fourth-order valence-electron chi connectivity index (χ4n) is 2.83. The summed E-state index contributed by atoms with van der Waals surface area (Å²) in [6.45, 7) is 0. The van der Waals surface area contributed by atoms with Crippen LogP contribution in [0.2, 0.25) is 0 Å². The Kier molecular flexibility index (Phi) is 6.35. The number of carbonyl (C=O) groups is 2. The second-order valence-electron chi connectivity index (χ2n) is 5.94. The highest BCUT2D eigenvalue weighted by Gasteiger charge is 2.27. The minimum atomic E-state index is -0.684. The molecule has 138 valence electrons. The largest absolute Gasteiger partial charge is 0.341 e. The molecule has 0 spiro atoms. The van der Waals surface area contributed by atoms with Crippen LogP contribution in [0.25, 0.3) is 0 Å². The molecule has 0 aliphatic rings. The summed E-state index contributed by atoms with van der Waals surface area (Å²) in [4.78, 5) is 25.6. The van der Waals surface area contributed by atoms with E-state index in [-0.39, 0.29) is 6.04 Å². The van der Waals surface area contributed by atoms with Crippen LogP contribution in [0.15, 0.2) is 78.2 Å². The molecule has 0 saturated carbocycles. The van der Waals surface area contributed by atoms with E-state index in [1.807, 2.05) is 78.2 Å². The average Bonchev–Trinajstić information content (AvgIpc) is 3.24. The van der Waals surface area contributed by atoms with Crippen molar-refractivity contribution in [2.45, 2.75) is 12.1 Å². The summed E-state index contributed by atoms with van der Waals surface area (Å²) >= 11 is 1.62. The lowest BCUT2D eigenvalue weighted by molar-refractivity contribution is -0.122. The molecule has 2 aromatic carbocycles. The van der Waals surface area contributed by atoms with Crippen LogP contribution in [0.1, 0.15) is 28.1 Å². The molecule has 6 heteroatoms. The first-order chi connectivity index (χ1) is 13.2. The van der Waals surface area contributed by atoms with Gasteiger partial charge < -0.3 is 5.32 Å². The number of imide groups is 1. The number of urea groups is 1. The molecule has 1 heterocycles. The zero-order valence-corrected chi connectivity index (χ0v) is 15.7. The molecule has 5 nitrogen and oxygen atoms in total. The van der Waals surface area contributed by atoms with Gasteiger partial charge in [-0.1, -0.05) is 66.7 Å². The molecule has 0 fully saturated rings. The monoisotopic (exact) mass is 379 g/mol. The second kappa shape index (κ2) is 9.12. The Bertz CT molecular complexity index is 867. The number of amides is 3. The lowest BCUT2D eigenvalue weighted by Crippen LogP contribution is -2.45. The zero-order valence-electron chi connectivity index (χ0n) is 14.9. The molecule has 0 saturated heterocycles. The summed E-state index contributed by atoms with van der Waals surface area (Å²) in [6.07, 6.45) is 0. The molecular formula is C21H21N3O2S. The van der Waals surface area contributed by atoms with Crippen molar-refractivity contribution in [3.63, 3.8) is 0 Å². The van der Waals surface area contributed by atoms with Crippen LogP contribution in [-0.4, -0.2) is 19.0 Å². The third-order valence-corrected chi connectivity index (χ3v) is 5.09. The number of thiophene rings is 1. The summed E-state index contributed by atoms with van der Waals surface area (Å²) in [6, 6.07) is 22.0. The van der Waals surface area contributed by atoms with E-state index in [9.17, 15) is 9.59 Å². The van der Waals surface area contributed by atoms with Gasteiger partial charge in [0.15, 0.2) is 0 Å². The first-order valence-electron chi connectivity index (χ1n) is 8.61. The third kappa shape index (κ3) is 4.81. The summed E-state index contributed by atoms with van der Waals surface area (Å²) in [7, 11) is 1.48. The Labute approximate surface area is 162 Å². The molecule has 1 aromatic heterocycles. The maximum atomic E-state index is 12.8. The first-order valence-corrected chi connectivity index (χ1v) is 9.49. The average molecular weight is 379 g/mol. The summed E-state index contributed by atoms with van der Waals surface area (Å²) < 4.78 is 0. The van der Waals surface area contributed by atoms with Crippen molar-refractivity contribution >= 4 is 23.3 Å². The predicted octanol–water partition coefficient (Wildman–Crippen LogP) is 3.62.